The number of carbonyl (C=O) groups is 2. The van der Waals surface area contributed by atoms with Crippen molar-refractivity contribution in [2.45, 2.75) is 0 Å². The number of nitrogens with zero attached hydrogens (tertiary/aromatic N) is 2. The lowest BCUT2D eigenvalue weighted by molar-refractivity contribution is -0.116. The van der Waals surface area contributed by atoms with Gasteiger partial charge in [-0.05, 0) is 18.2 Å². The van der Waals surface area contributed by atoms with E-state index in [1.807, 2.05) is 18.2 Å². The first-order valence-corrected chi connectivity index (χ1v) is 6.65. The van der Waals surface area contributed by atoms with Crippen molar-refractivity contribution < 1.29 is 9.59 Å². The number of aromatic nitrogens is 1. The molecule has 5 nitrogen and oxygen atoms in total. The number of anilines is 1. The van der Waals surface area contributed by atoms with Gasteiger partial charge in [-0.25, -0.2) is 0 Å². The Morgan fingerprint density at radius 3 is 2.62 bits per heavy atom. The molecule has 6 heteroatoms. The molecule has 108 valence electrons. The Labute approximate surface area is 127 Å². The van der Waals surface area contributed by atoms with Crippen molar-refractivity contribution in [1.29, 1.82) is 0 Å². The molecule has 1 heterocycles. The maximum Gasteiger partial charge on any atom is 0.255 e. The van der Waals surface area contributed by atoms with E-state index in [0.29, 0.717) is 11.3 Å². The third-order valence-electron chi connectivity index (χ3n) is 2.79. The number of carbonyl (C=O) groups excluding carboxylic acids is 2. The molecular formula is C15H14ClN3O2. The highest BCUT2D eigenvalue weighted by molar-refractivity contribution is 6.33. The Balaban J connectivity index is 1.98. The minimum Gasteiger partial charge on any atom is -0.332 e. The second-order valence-corrected chi connectivity index (χ2v) is 4.84. The summed E-state index contributed by atoms with van der Waals surface area (Å²) >= 11 is 5.92. The predicted molar refractivity (Wildman–Crippen MR) is 81.3 cm³/mol. The average Bonchev–Trinajstić information content (AvgIpc) is 2.48. The molecule has 0 saturated heterocycles. The fraction of sp³-hybridized carbons (Fsp3) is 0.133. The minimum absolute atomic E-state index is 0.0631. The molecule has 0 aliphatic rings. The van der Waals surface area contributed by atoms with Gasteiger partial charge in [-0.15, -0.1) is 0 Å². The van der Waals surface area contributed by atoms with Crippen LogP contribution in [-0.2, 0) is 4.79 Å². The van der Waals surface area contributed by atoms with Crippen molar-refractivity contribution in [3.63, 3.8) is 0 Å². The van der Waals surface area contributed by atoms with Gasteiger partial charge in [0.25, 0.3) is 5.91 Å². The SMILES string of the molecule is CN(CC(=O)Nc1ccccc1)C(=O)c1ccncc1Cl. The Morgan fingerprint density at radius 1 is 1.24 bits per heavy atom. The van der Waals surface area contributed by atoms with Crippen LogP contribution in [0.3, 0.4) is 0 Å². The van der Waals surface area contributed by atoms with Crippen LogP contribution in [0.2, 0.25) is 5.02 Å². The highest BCUT2D eigenvalue weighted by atomic mass is 35.5. The number of likely N-dealkylation sites (N-methyl/N-ethyl adjacent to an activating group) is 1. The summed E-state index contributed by atoms with van der Waals surface area (Å²) in [6, 6.07) is 10.6. The molecule has 1 aromatic heterocycles. The summed E-state index contributed by atoms with van der Waals surface area (Å²) in [5.74, 6) is -0.604. The Morgan fingerprint density at radius 2 is 1.95 bits per heavy atom. The summed E-state index contributed by atoms with van der Waals surface area (Å²) in [6.45, 7) is -0.0631. The molecule has 0 unspecified atom stereocenters. The normalized spacial score (nSPS) is 10.0. The highest BCUT2D eigenvalue weighted by Crippen LogP contribution is 2.15. The van der Waals surface area contributed by atoms with Gasteiger partial charge in [-0.3, -0.25) is 14.6 Å². The lowest BCUT2D eigenvalue weighted by Crippen LogP contribution is -2.35. The topological polar surface area (TPSA) is 62.3 Å². The number of hydrogen-bond acceptors (Lipinski definition) is 3. The molecule has 1 N–H and O–H groups in total. The maximum atomic E-state index is 12.2. The van der Waals surface area contributed by atoms with Gasteiger partial charge in [-0.1, -0.05) is 29.8 Å². The van der Waals surface area contributed by atoms with Crippen LogP contribution in [0.5, 0.6) is 0 Å². The summed E-state index contributed by atoms with van der Waals surface area (Å²) in [5.41, 5.74) is 1.01. The van der Waals surface area contributed by atoms with Gasteiger partial charge >= 0.3 is 0 Å². The fourth-order valence-electron chi connectivity index (χ4n) is 1.76. The zero-order valence-corrected chi connectivity index (χ0v) is 12.2. The molecule has 2 amide bonds. The van der Waals surface area contributed by atoms with Crippen LogP contribution in [0.25, 0.3) is 0 Å². The smallest absolute Gasteiger partial charge is 0.255 e. The third-order valence-corrected chi connectivity index (χ3v) is 3.09. The van der Waals surface area contributed by atoms with Gasteiger partial charge in [-0.2, -0.15) is 0 Å². The second kappa shape index (κ2) is 6.85. The monoisotopic (exact) mass is 303 g/mol. The first-order valence-electron chi connectivity index (χ1n) is 6.28. The summed E-state index contributed by atoms with van der Waals surface area (Å²) < 4.78 is 0. The number of pyridine rings is 1. The fourth-order valence-corrected chi connectivity index (χ4v) is 1.96. The van der Waals surface area contributed by atoms with Crippen LogP contribution in [0.1, 0.15) is 10.4 Å². The molecule has 1 aromatic carbocycles. The van der Waals surface area contributed by atoms with Crippen molar-refractivity contribution in [2.24, 2.45) is 0 Å². The second-order valence-electron chi connectivity index (χ2n) is 4.43. The molecule has 0 aliphatic carbocycles. The van der Waals surface area contributed by atoms with Gasteiger partial charge in [0.2, 0.25) is 5.91 Å². The quantitative estimate of drug-likeness (QED) is 0.943. The summed E-state index contributed by atoms with van der Waals surface area (Å²) in [4.78, 5) is 29.2. The van der Waals surface area contributed by atoms with E-state index in [9.17, 15) is 9.59 Å². The first-order chi connectivity index (χ1) is 10.1. The van der Waals surface area contributed by atoms with E-state index in [0.717, 1.165) is 0 Å². The van der Waals surface area contributed by atoms with Crippen LogP contribution < -0.4 is 5.32 Å². The largest absolute Gasteiger partial charge is 0.332 e. The number of para-hydroxylation sites is 1. The van der Waals surface area contributed by atoms with E-state index in [-0.39, 0.29) is 23.4 Å². The van der Waals surface area contributed by atoms with Crippen molar-refractivity contribution in [2.75, 3.05) is 18.9 Å². The molecular weight excluding hydrogens is 290 g/mol. The lowest BCUT2D eigenvalue weighted by Gasteiger charge is -2.17. The lowest BCUT2D eigenvalue weighted by atomic mass is 10.2. The number of nitrogens with one attached hydrogen (secondary N) is 1. The first kappa shape index (κ1) is 15.0. The van der Waals surface area contributed by atoms with Crippen molar-refractivity contribution in [3.05, 3.63) is 59.4 Å². The maximum absolute atomic E-state index is 12.2. The molecule has 21 heavy (non-hydrogen) atoms. The molecule has 0 aliphatic heterocycles. The van der Waals surface area contributed by atoms with Gasteiger partial charge in [0.1, 0.15) is 0 Å². The molecule has 0 spiro atoms. The average molecular weight is 304 g/mol. The number of halogens is 1. The predicted octanol–water partition coefficient (Wildman–Crippen LogP) is 2.45. The summed E-state index contributed by atoms with van der Waals surface area (Å²) in [7, 11) is 1.55. The van der Waals surface area contributed by atoms with E-state index in [1.165, 1.54) is 23.4 Å². The van der Waals surface area contributed by atoms with Crippen LogP contribution in [0.4, 0.5) is 5.69 Å². The molecule has 0 saturated carbocycles. The molecule has 0 fully saturated rings. The molecule has 2 rings (SSSR count). The van der Waals surface area contributed by atoms with Crippen molar-refractivity contribution in [3.8, 4) is 0 Å². The van der Waals surface area contributed by atoms with E-state index in [4.69, 9.17) is 11.6 Å². The van der Waals surface area contributed by atoms with Crippen LogP contribution >= 0.6 is 11.6 Å². The molecule has 0 atom stereocenters. The standard InChI is InChI=1S/C15H14ClN3O2/c1-19(15(21)12-7-8-17-9-13(12)16)10-14(20)18-11-5-3-2-4-6-11/h2-9H,10H2,1H3,(H,18,20). The van der Waals surface area contributed by atoms with E-state index in [1.54, 1.807) is 19.2 Å². The number of amides is 2. The number of benzene rings is 1. The highest BCUT2D eigenvalue weighted by Gasteiger charge is 2.17. The molecule has 0 radical (unpaired) electrons. The summed E-state index contributed by atoms with van der Waals surface area (Å²) in [6.07, 6.45) is 2.88. The van der Waals surface area contributed by atoms with Gasteiger partial charge in [0.15, 0.2) is 0 Å². The zero-order chi connectivity index (χ0) is 15.2. The third kappa shape index (κ3) is 4.03. The Hall–Kier alpha value is -2.40. The Bertz CT molecular complexity index is 646. The van der Waals surface area contributed by atoms with Crippen molar-refractivity contribution in [1.82, 2.24) is 9.88 Å². The van der Waals surface area contributed by atoms with E-state index < -0.39 is 0 Å². The summed E-state index contributed by atoms with van der Waals surface area (Å²) in [5, 5.41) is 2.98. The van der Waals surface area contributed by atoms with E-state index in [2.05, 4.69) is 10.3 Å². The van der Waals surface area contributed by atoms with E-state index >= 15 is 0 Å². The van der Waals surface area contributed by atoms with Crippen molar-refractivity contribution >= 4 is 29.1 Å². The van der Waals surface area contributed by atoms with Gasteiger partial charge < -0.3 is 10.2 Å². The van der Waals surface area contributed by atoms with Crippen LogP contribution in [-0.4, -0.2) is 35.3 Å². The van der Waals surface area contributed by atoms with Crippen LogP contribution in [0, 0.1) is 0 Å². The Kier molecular flexibility index (Phi) is 4.90. The van der Waals surface area contributed by atoms with Gasteiger partial charge in [0, 0.05) is 25.1 Å². The molecule has 2 aromatic rings. The zero-order valence-electron chi connectivity index (χ0n) is 11.4. The van der Waals surface area contributed by atoms with Gasteiger partial charge in [0.05, 0.1) is 17.1 Å². The van der Waals surface area contributed by atoms with Crippen LogP contribution in [0.15, 0.2) is 48.8 Å². The number of hydrogen-bond donors (Lipinski definition) is 1. The minimum atomic E-state index is -0.328. The number of rotatable bonds is 4. The molecule has 0 bridgehead atoms.